The smallest absolute Gasteiger partial charge is 0.320 e. The Morgan fingerprint density at radius 2 is 1.71 bits per heavy atom. The van der Waals surface area contributed by atoms with Crippen LogP contribution < -0.4 is 5.32 Å². The molecule has 4 nitrogen and oxygen atoms in total. The Kier molecular flexibility index (Phi) is 7.15. The highest BCUT2D eigenvalue weighted by molar-refractivity contribution is 6.36. The van der Waals surface area contributed by atoms with Gasteiger partial charge in [0.05, 0.1) is 10.7 Å². The molecule has 0 atom stereocenters. The molecule has 1 aromatic heterocycles. The molecule has 0 saturated carbocycles. The van der Waals surface area contributed by atoms with Gasteiger partial charge in [-0.2, -0.15) is 0 Å². The van der Waals surface area contributed by atoms with Crippen LogP contribution in [0.5, 0.6) is 0 Å². The molecule has 0 radical (unpaired) electrons. The van der Waals surface area contributed by atoms with Crippen molar-refractivity contribution in [3.63, 3.8) is 0 Å². The van der Waals surface area contributed by atoms with Crippen molar-refractivity contribution in [3.8, 4) is 0 Å². The molecule has 0 unspecified atom stereocenters. The fraction of sp³-hybridized carbons (Fsp3) is 0.143. The summed E-state index contributed by atoms with van der Waals surface area (Å²) in [6.45, 7) is 0.928. The first-order valence-corrected chi connectivity index (χ1v) is 9.80. The van der Waals surface area contributed by atoms with Crippen molar-refractivity contribution in [3.05, 3.63) is 93.2 Å². The highest BCUT2D eigenvalue weighted by Gasteiger charge is 2.16. The molecule has 0 spiro atoms. The van der Waals surface area contributed by atoms with E-state index in [-0.39, 0.29) is 6.03 Å². The number of pyridine rings is 1. The summed E-state index contributed by atoms with van der Waals surface area (Å²) in [5, 5.41) is 4.41. The van der Waals surface area contributed by atoms with Crippen molar-refractivity contribution < 1.29 is 4.79 Å². The van der Waals surface area contributed by atoms with E-state index in [4.69, 9.17) is 34.8 Å². The van der Waals surface area contributed by atoms with Gasteiger partial charge >= 0.3 is 6.03 Å². The van der Waals surface area contributed by atoms with E-state index in [0.717, 1.165) is 11.3 Å². The SMILES string of the molecule is O=C(Nc1ccc(Cl)cc1Cl)N(CCc1ccccn1)Cc1ccc(Cl)cc1. The topological polar surface area (TPSA) is 45.2 Å². The van der Waals surface area contributed by atoms with Gasteiger partial charge in [0.2, 0.25) is 0 Å². The third-order valence-corrected chi connectivity index (χ3v) is 4.91. The van der Waals surface area contributed by atoms with E-state index in [9.17, 15) is 4.79 Å². The Bertz CT molecular complexity index is 933. The molecular weight excluding hydrogens is 417 g/mol. The summed E-state index contributed by atoms with van der Waals surface area (Å²) in [4.78, 5) is 19.0. The predicted molar refractivity (Wildman–Crippen MR) is 115 cm³/mol. The van der Waals surface area contributed by atoms with E-state index < -0.39 is 0 Å². The molecule has 2 aromatic carbocycles. The molecule has 0 fully saturated rings. The third-order valence-electron chi connectivity index (χ3n) is 4.11. The number of rotatable bonds is 6. The molecular formula is C21H18Cl3N3O. The number of hydrogen-bond donors (Lipinski definition) is 1. The number of nitrogens with zero attached hydrogens (tertiary/aromatic N) is 2. The van der Waals surface area contributed by atoms with Gasteiger partial charge < -0.3 is 10.2 Å². The first-order chi connectivity index (χ1) is 13.5. The van der Waals surface area contributed by atoms with Crippen LogP contribution >= 0.6 is 34.8 Å². The van der Waals surface area contributed by atoms with E-state index in [1.165, 1.54) is 0 Å². The number of anilines is 1. The molecule has 3 aromatic rings. The van der Waals surface area contributed by atoms with Crippen molar-refractivity contribution in [1.82, 2.24) is 9.88 Å². The highest BCUT2D eigenvalue weighted by atomic mass is 35.5. The van der Waals surface area contributed by atoms with E-state index in [2.05, 4.69) is 10.3 Å². The molecule has 144 valence electrons. The number of amides is 2. The van der Waals surface area contributed by atoms with Crippen molar-refractivity contribution in [2.24, 2.45) is 0 Å². The van der Waals surface area contributed by atoms with Crippen LogP contribution in [-0.4, -0.2) is 22.5 Å². The van der Waals surface area contributed by atoms with Gasteiger partial charge in [-0.1, -0.05) is 53.0 Å². The largest absolute Gasteiger partial charge is 0.322 e. The van der Waals surface area contributed by atoms with Gasteiger partial charge in [0.25, 0.3) is 0 Å². The number of nitrogens with one attached hydrogen (secondary N) is 1. The van der Waals surface area contributed by atoms with Gasteiger partial charge in [0.15, 0.2) is 0 Å². The lowest BCUT2D eigenvalue weighted by molar-refractivity contribution is 0.209. The Labute approximate surface area is 179 Å². The van der Waals surface area contributed by atoms with Gasteiger partial charge in [-0.25, -0.2) is 4.79 Å². The molecule has 0 aliphatic heterocycles. The Morgan fingerprint density at radius 1 is 0.964 bits per heavy atom. The van der Waals surface area contributed by atoms with Crippen molar-refractivity contribution in [2.45, 2.75) is 13.0 Å². The van der Waals surface area contributed by atoms with Crippen LogP contribution in [-0.2, 0) is 13.0 Å². The monoisotopic (exact) mass is 433 g/mol. The molecule has 7 heteroatoms. The first kappa shape index (κ1) is 20.5. The Hall–Kier alpha value is -2.27. The van der Waals surface area contributed by atoms with Gasteiger partial charge in [0.1, 0.15) is 0 Å². The lowest BCUT2D eigenvalue weighted by Crippen LogP contribution is -2.36. The van der Waals surface area contributed by atoms with E-state index in [1.807, 2.05) is 42.5 Å². The third kappa shape index (κ3) is 5.86. The number of hydrogen-bond acceptors (Lipinski definition) is 2. The number of halogens is 3. The zero-order valence-electron chi connectivity index (χ0n) is 14.9. The second kappa shape index (κ2) is 9.78. The number of benzene rings is 2. The van der Waals surface area contributed by atoms with E-state index >= 15 is 0 Å². The second-order valence-corrected chi connectivity index (χ2v) is 7.45. The highest BCUT2D eigenvalue weighted by Crippen LogP contribution is 2.26. The maximum atomic E-state index is 12.9. The van der Waals surface area contributed by atoms with Crippen LogP contribution in [0.4, 0.5) is 10.5 Å². The summed E-state index contributed by atoms with van der Waals surface area (Å²) in [5.74, 6) is 0. The maximum Gasteiger partial charge on any atom is 0.322 e. The summed E-state index contributed by atoms with van der Waals surface area (Å²) in [7, 11) is 0. The van der Waals surface area contributed by atoms with E-state index in [0.29, 0.717) is 40.3 Å². The molecule has 0 bridgehead atoms. The fourth-order valence-electron chi connectivity index (χ4n) is 2.64. The molecule has 3 rings (SSSR count). The van der Waals surface area contributed by atoms with Crippen molar-refractivity contribution >= 4 is 46.5 Å². The number of urea groups is 1. The number of carbonyl (C=O) groups is 1. The Balaban J connectivity index is 1.75. The van der Waals surface area contributed by atoms with Gasteiger partial charge in [-0.15, -0.1) is 0 Å². The molecule has 0 aliphatic rings. The normalized spacial score (nSPS) is 10.5. The van der Waals surface area contributed by atoms with Crippen LogP contribution in [0.2, 0.25) is 15.1 Å². The molecule has 1 N–H and O–H groups in total. The molecule has 2 amide bonds. The fourth-order valence-corrected chi connectivity index (χ4v) is 3.22. The van der Waals surface area contributed by atoms with Crippen LogP contribution in [0.15, 0.2) is 66.9 Å². The predicted octanol–water partition coefficient (Wildman–Crippen LogP) is 6.32. The minimum atomic E-state index is -0.255. The summed E-state index contributed by atoms with van der Waals surface area (Å²) in [6.07, 6.45) is 2.38. The minimum absolute atomic E-state index is 0.255. The average molecular weight is 435 g/mol. The summed E-state index contributed by atoms with van der Waals surface area (Å²) in [5.41, 5.74) is 2.40. The maximum absolute atomic E-state index is 12.9. The van der Waals surface area contributed by atoms with Crippen LogP contribution in [0.25, 0.3) is 0 Å². The first-order valence-electron chi connectivity index (χ1n) is 8.66. The van der Waals surface area contributed by atoms with Crippen LogP contribution in [0, 0.1) is 0 Å². The zero-order valence-corrected chi connectivity index (χ0v) is 17.2. The summed E-state index contributed by atoms with van der Waals surface area (Å²) >= 11 is 18.1. The zero-order chi connectivity index (χ0) is 19.9. The second-order valence-electron chi connectivity index (χ2n) is 6.17. The van der Waals surface area contributed by atoms with Gasteiger partial charge in [-0.05, 0) is 48.0 Å². The lowest BCUT2D eigenvalue weighted by Gasteiger charge is -2.23. The Morgan fingerprint density at radius 3 is 2.39 bits per heavy atom. The van der Waals surface area contributed by atoms with Gasteiger partial charge in [0, 0.05) is 41.4 Å². The average Bonchev–Trinajstić information content (AvgIpc) is 2.69. The molecule has 28 heavy (non-hydrogen) atoms. The van der Waals surface area contributed by atoms with Gasteiger partial charge in [-0.3, -0.25) is 4.98 Å². The minimum Gasteiger partial charge on any atom is -0.320 e. The number of aromatic nitrogens is 1. The quantitative estimate of drug-likeness (QED) is 0.493. The van der Waals surface area contributed by atoms with E-state index in [1.54, 1.807) is 29.3 Å². The summed E-state index contributed by atoms with van der Waals surface area (Å²) < 4.78 is 0. The summed E-state index contributed by atoms with van der Waals surface area (Å²) in [6, 6.07) is 17.9. The standard InChI is InChI=1S/C21H18Cl3N3O/c22-16-6-4-15(5-7-16)14-27(12-10-18-3-1-2-11-25-18)21(28)26-20-9-8-17(23)13-19(20)24/h1-9,11,13H,10,12,14H2,(H,26,28). The van der Waals surface area contributed by atoms with Crippen molar-refractivity contribution in [1.29, 1.82) is 0 Å². The number of carbonyl (C=O) groups excluding carboxylic acids is 1. The van der Waals surface area contributed by atoms with Crippen LogP contribution in [0.3, 0.4) is 0 Å². The van der Waals surface area contributed by atoms with Crippen molar-refractivity contribution in [2.75, 3.05) is 11.9 Å². The molecule has 0 saturated heterocycles. The molecule has 0 aliphatic carbocycles. The van der Waals surface area contributed by atoms with Crippen LogP contribution in [0.1, 0.15) is 11.3 Å². The lowest BCUT2D eigenvalue weighted by atomic mass is 10.2. The molecule has 1 heterocycles.